The zero-order chi connectivity index (χ0) is 15.4. The Kier molecular flexibility index (Phi) is 2.13. The summed E-state index contributed by atoms with van der Waals surface area (Å²) in [7, 11) is -2.93. The molecule has 0 aromatic carbocycles. The lowest BCUT2D eigenvalue weighted by Gasteiger charge is -2.16. The molecule has 0 aliphatic carbocycles. The molecule has 0 saturated heterocycles. The first kappa shape index (κ1) is 4.98. The fourth-order valence-corrected chi connectivity index (χ4v) is 0.915. The number of rotatable bonds is 4. The Hall–Kier alpha value is -1.06. The summed E-state index contributed by atoms with van der Waals surface area (Å²) in [5, 5.41) is 1.98. The SMILES string of the molecule is [2H]C([2H])([2H])OC(=O)[C@H](CC(C)C)NC(=O)C([2H])([2H])[2H]. The van der Waals surface area contributed by atoms with Gasteiger partial charge in [0.15, 0.2) is 0 Å². The van der Waals surface area contributed by atoms with E-state index in [0.717, 1.165) is 0 Å². The lowest BCUT2D eigenvalue weighted by Crippen LogP contribution is -2.41. The Balaban J connectivity index is 4.82. The molecule has 4 nitrogen and oxygen atoms in total. The summed E-state index contributed by atoms with van der Waals surface area (Å²) in [6, 6.07) is -1.30. The van der Waals surface area contributed by atoms with E-state index in [1.807, 2.05) is 5.32 Å². The average molecular weight is 193 g/mol. The minimum absolute atomic E-state index is 0.0638. The van der Waals surface area contributed by atoms with Crippen molar-refractivity contribution in [1.29, 1.82) is 0 Å². The van der Waals surface area contributed by atoms with Crippen molar-refractivity contribution in [3.8, 4) is 0 Å². The highest BCUT2D eigenvalue weighted by molar-refractivity contribution is 5.83. The Morgan fingerprint density at radius 2 is 2.23 bits per heavy atom. The zero-order valence-corrected chi connectivity index (χ0v) is 7.59. The van der Waals surface area contributed by atoms with E-state index < -0.39 is 31.8 Å². The van der Waals surface area contributed by atoms with Crippen LogP contribution in [-0.4, -0.2) is 25.0 Å². The second kappa shape index (κ2) is 5.56. The van der Waals surface area contributed by atoms with E-state index in [9.17, 15) is 9.59 Å². The molecule has 13 heavy (non-hydrogen) atoms. The maximum Gasteiger partial charge on any atom is 0.328 e. The van der Waals surface area contributed by atoms with E-state index in [2.05, 4.69) is 4.74 Å². The highest BCUT2D eigenvalue weighted by Crippen LogP contribution is 2.05. The first-order chi connectivity index (χ1) is 8.33. The third-order valence-corrected chi connectivity index (χ3v) is 1.40. The van der Waals surface area contributed by atoms with Gasteiger partial charge < -0.3 is 10.1 Å². The van der Waals surface area contributed by atoms with Crippen molar-refractivity contribution >= 4 is 11.9 Å². The van der Waals surface area contributed by atoms with Crippen LogP contribution in [0.25, 0.3) is 0 Å². The molecular weight excluding hydrogens is 170 g/mol. The molecule has 0 aromatic rings. The number of hydrogen-bond donors (Lipinski definition) is 1. The second-order valence-corrected chi connectivity index (χ2v) is 3.08. The lowest BCUT2D eigenvalue weighted by atomic mass is 10.0. The molecule has 0 bridgehead atoms. The molecule has 0 aliphatic rings. The molecule has 0 aliphatic heterocycles. The summed E-state index contributed by atoms with van der Waals surface area (Å²) in [5.74, 6) is -2.56. The fraction of sp³-hybridized carbons (Fsp3) is 0.778. The van der Waals surface area contributed by atoms with Gasteiger partial charge in [-0.1, -0.05) is 13.8 Å². The van der Waals surface area contributed by atoms with Gasteiger partial charge in [-0.05, 0) is 12.3 Å². The molecule has 0 unspecified atom stereocenters. The molecule has 4 heteroatoms. The van der Waals surface area contributed by atoms with Crippen LogP contribution in [0.5, 0.6) is 0 Å². The van der Waals surface area contributed by atoms with Gasteiger partial charge in [-0.25, -0.2) is 4.79 Å². The van der Waals surface area contributed by atoms with Crippen molar-refractivity contribution in [2.24, 2.45) is 5.92 Å². The van der Waals surface area contributed by atoms with E-state index in [1.54, 1.807) is 13.8 Å². The minimum Gasteiger partial charge on any atom is -0.467 e. The standard InChI is InChI=1S/C9H17NO3/c1-6(2)5-8(9(12)13-4)10-7(3)11/h6,8H,5H2,1-4H3,(H,10,11)/t8-/m0/s1/i3D3,4D3. The van der Waals surface area contributed by atoms with E-state index in [0.29, 0.717) is 0 Å². The van der Waals surface area contributed by atoms with Crippen molar-refractivity contribution in [1.82, 2.24) is 5.32 Å². The maximum atomic E-state index is 11.6. The number of amides is 1. The van der Waals surface area contributed by atoms with Crippen molar-refractivity contribution in [3.05, 3.63) is 0 Å². The highest BCUT2D eigenvalue weighted by Gasteiger charge is 2.20. The molecule has 0 fully saturated rings. The Morgan fingerprint density at radius 3 is 2.69 bits per heavy atom. The molecule has 0 heterocycles. The average Bonchev–Trinajstić information content (AvgIpc) is 2.11. The normalized spacial score (nSPS) is 21.2. The molecule has 1 amide bonds. The predicted molar refractivity (Wildman–Crippen MR) is 49.1 cm³/mol. The van der Waals surface area contributed by atoms with Gasteiger partial charge in [0, 0.05) is 11.0 Å². The zero-order valence-electron chi connectivity index (χ0n) is 13.6. The predicted octanol–water partition coefficient (Wildman–Crippen LogP) is 0.710. The van der Waals surface area contributed by atoms with Crippen molar-refractivity contribution in [2.75, 3.05) is 7.04 Å². The van der Waals surface area contributed by atoms with Crippen LogP contribution in [0.3, 0.4) is 0 Å². The molecular formula is C9H17NO3. The van der Waals surface area contributed by atoms with Gasteiger partial charge in [0.05, 0.1) is 11.2 Å². The summed E-state index contributed by atoms with van der Waals surface area (Å²) in [6.45, 7) is 0.559. The van der Waals surface area contributed by atoms with Gasteiger partial charge in [-0.2, -0.15) is 0 Å². The van der Waals surface area contributed by atoms with Crippen LogP contribution >= 0.6 is 0 Å². The summed E-state index contributed by atoms with van der Waals surface area (Å²) >= 11 is 0. The topological polar surface area (TPSA) is 55.4 Å². The molecule has 0 aromatic heterocycles. The number of carbonyl (C=O) groups is 2. The molecule has 0 radical (unpaired) electrons. The number of hydrogen-bond acceptors (Lipinski definition) is 3. The van der Waals surface area contributed by atoms with Gasteiger partial charge in [0.1, 0.15) is 6.04 Å². The molecule has 0 spiro atoms. The number of methoxy groups -OCH3 is 1. The van der Waals surface area contributed by atoms with Crippen LogP contribution in [0, 0.1) is 5.92 Å². The Bertz CT molecular complexity index is 336. The smallest absolute Gasteiger partial charge is 0.328 e. The number of esters is 1. The van der Waals surface area contributed by atoms with Crippen molar-refractivity contribution in [2.45, 2.75) is 33.2 Å². The Morgan fingerprint density at radius 1 is 1.54 bits per heavy atom. The summed E-state index contributed by atoms with van der Waals surface area (Å²) in [4.78, 5) is 22.9. The third-order valence-electron chi connectivity index (χ3n) is 1.40. The second-order valence-electron chi connectivity index (χ2n) is 3.08. The van der Waals surface area contributed by atoms with Gasteiger partial charge >= 0.3 is 5.97 Å². The largest absolute Gasteiger partial charge is 0.467 e. The van der Waals surface area contributed by atoms with Crippen LogP contribution in [0.2, 0.25) is 0 Å². The van der Waals surface area contributed by atoms with Gasteiger partial charge in [0.2, 0.25) is 5.91 Å². The molecule has 76 valence electrons. The van der Waals surface area contributed by atoms with Crippen LogP contribution in [0.1, 0.15) is 35.3 Å². The van der Waals surface area contributed by atoms with E-state index >= 15 is 0 Å². The monoisotopic (exact) mass is 193 g/mol. The number of carbonyl (C=O) groups excluding carboxylic acids is 2. The lowest BCUT2D eigenvalue weighted by molar-refractivity contribution is -0.145. The fourth-order valence-electron chi connectivity index (χ4n) is 0.915. The quantitative estimate of drug-likeness (QED) is 0.669. The molecule has 1 atom stereocenters. The molecule has 0 saturated carbocycles. The van der Waals surface area contributed by atoms with Crippen LogP contribution in [-0.2, 0) is 14.3 Å². The summed E-state index contributed by atoms with van der Waals surface area (Å²) in [5.41, 5.74) is 0. The number of nitrogens with one attached hydrogen (secondary N) is 1. The van der Waals surface area contributed by atoms with E-state index in [4.69, 9.17) is 8.22 Å². The Labute approximate surface area is 87.1 Å². The van der Waals surface area contributed by atoms with E-state index in [1.165, 1.54) is 0 Å². The number of ether oxygens (including phenoxy) is 1. The van der Waals surface area contributed by atoms with Crippen LogP contribution < -0.4 is 5.32 Å². The van der Waals surface area contributed by atoms with Crippen LogP contribution in [0.4, 0.5) is 0 Å². The first-order valence-electron chi connectivity index (χ1n) is 6.87. The van der Waals surface area contributed by atoms with Gasteiger partial charge in [-0.15, -0.1) is 0 Å². The maximum absolute atomic E-state index is 11.6. The summed E-state index contributed by atoms with van der Waals surface area (Å²) < 4.78 is 45.3. The van der Waals surface area contributed by atoms with E-state index in [-0.39, 0.29) is 12.3 Å². The molecule has 0 rings (SSSR count). The molecule has 1 N–H and O–H groups in total. The van der Waals surface area contributed by atoms with Crippen molar-refractivity contribution < 1.29 is 22.6 Å². The highest BCUT2D eigenvalue weighted by atomic mass is 16.5. The first-order valence-corrected chi connectivity index (χ1v) is 3.87. The van der Waals surface area contributed by atoms with Crippen molar-refractivity contribution in [3.63, 3.8) is 0 Å². The summed E-state index contributed by atoms with van der Waals surface area (Å²) in [6.07, 6.45) is 0.0801. The van der Waals surface area contributed by atoms with Gasteiger partial charge in [0.25, 0.3) is 0 Å². The van der Waals surface area contributed by atoms with Crippen LogP contribution in [0.15, 0.2) is 0 Å². The third kappa shape index (κ3) is 5.22. The minimum atomic E-state index is -2.93. The van der Waals surface area contributed by atoms with Gasteiger partial charge in [-0.3, -0.25) is 4.79 Å².